The minimum Gasteiger partial charge on any atom is -0.493 e. The number of anilines is 2. The van der Waals surface area contributed by atoms with E-state index in [0.717, 1.165) is 37.2 Å². The van der Waals surface area contributed by atoms with Gasteiger partial charge in [0.15, 0.2) is 11.5 Å². The first-order valence-electron chi connectivity index (χ1n) is 12.0. The molecule has 2 aliphatic rings. The van der Waals surface area contributed by atoms with Gasteiger partial charge in [-0.15, -0.1) is 0 Å². The average molecular weight is 529 g/mol. The molecule has 0 amide bonds. The van der Waals surface area contributed by atoms with Crippen LogP contribution in [0.15, 0.2) is 41.1 Å². The van der Waals surface area contributed by atoms with Gasteiger partial charge in [0.2, 0.25) is 0 Å². The Kier molecular flexibility index (Phi) is 7.15. The second-order valence-electron chi connectivity index (χ2n) is 9.34. The van der Waals surface area contributed by atoms with Gasteiger partial charge in [0.1, 0.15) is 18.0 Å². The smallest absolute Gasteiger partial charge is 0.163 e. The van der Waals surface area contributed by atoms with Crippen molar-refractivity contribution >= 4 is 38.3 Å². The van der Waals surface area contributed by atoms with Crippen LogP contribution in [-0.2, 0) is 0 Å². The van der Waals surface area contributed by atoms with Crippen molar-refractivity contribution < 1.29 is 13.9 Å². The monoisotopic (exact) mass is 528 g/mol. The number of nitrogens with zero attached hydrogens (tertiary/aromatic N) is 3. The van der Waals surface area contributed by atoms with E-state index in [2.05, 4.69) is 36.1 Å². The largest absolute Gasteiger partial charge is 0.493 e. The van der Waals surface area contributed by atoms with E-state index in [1.807, 2.05) is 12.1 Å². The number of benzene rings is 2. The van der Waals surface area contributed by atoms with Crippen LogP contribution >= 0.6 is 15.9 Å². The molecule has 8 heteroatoms. The number of piperidine rings is 1. The van der Waals surface area contributed by atoms with Crippen LogP contribution in [0.3, 0.4) is 0 Å². The summed E-state index contributed by atoms with van der Waals surface area (Å²) in [6.45, 7) is 4.26. The molecule has 1 saturated carbocycles. The van der Waals surface area contributed by atoms with Crippen LogP contribution < -0.4 is 14.8 Å². The second-order valence-corrected chi connectivity index (χ2v) is 10.3. The van der Waals surface area contributed by atoms with Crippen LogP contribution in [0.2, 0.25) is 0 Å². The summed E-state index contributed by atoms with van der Waals surface area (Å²) in [6, 6.07) is 8.59. The topological polar surface area (TPSA) is 59.5 Å². The quantitative estimate of drug-likeness (QED) is 0.377. The van der Waals surface area contributed by atoms with E-state index in [-0.39, 0.29) is 5.82 Å². The zero-order chi connectivity index (χ0) is 23.5. The fourth-order valence-electron chi connectivity index (χ4n) is 4.74. The normalized spacial score (nSPS) is 17.5. The highest BCUT2D eigenvalue weighted by Gasteiger charge is 2.25. The molecule has 34 heavy (non-hydrogen) atoms. The van der Waals surface area contributed by atoms with Gasteiger partial charge in [-0.1, -0.05) is 22.4 Å². The molecule has 5 rings (SSSR count). The number of aromatic nitrogens is 2. The fourth-order valence-corrected chi connectivity index (χ4v) is 5.07. The van der Waals surface area contributed by atoms with E-state index < -0.39 is 0 Å². The lowest BCUT2D eigenvalue weighted by atomic mass is 9.84. The highest BCUT2D eigenvalue weighted by molar-refractivity contribution is 9.10. The maximum Gasteiger partial charge on any atom is 0.163 e. The Morgan fingerprint density at radius 2 is 1.88 bits per heavy atom. The van der Waals surface area contributed by atoms with Crippen molar-refractivity contribution in [3.05, 3.63) is 46.9 Å². The molecule has 1 aliphatic heterocycles. The number of fused-ring (bicyclic) bond motifs is 1. The maximum absolute atomic E-state index is 14.3. The lowest BCUT2D eigenvalue weighted by Crippen LogP contribution is -2.39. The van der Waals surface area contributed by atoms with Gasteiger partial charge >= 0.3 is 0 Å². The summed E-state index contributed by atoms with van der Waals surface area (Å²) in [7, 11) is 1.62. The molecule has 6 nitrogen and oxygen atoms in total. The van der Waals surface area contributed by atoms with E-state index >= 15 is 0 Å². The van der Waals surface area contributed by atoms with Crippen molar-refractivity contribution in [1.29, 1.82) is 0 Å². The molecule has 0 bridgehead atoms. The highest BCUT2D eigenvalue weighted by Crippen LogP contribution is 2.36. The van der Waals surface area contributed by atoms with Gasteiger partial charge in [-0.25, -0.2) is 14.4 Å². The molecule has 1 aromatic heterocycles. The molecule has 0 atom stereocenters. The summed E-state index contributed by atoms with van der Waals surface area (Å²) in [5.74, 6) is 2.90. The summed E-state index contributed by atoms with van der Waals surface area (Å²) in [5, 5.41) is 3.81. The molecule has 1 saturated heterocycles. The minimum absolute atomic E-state index is 0.339. The van der Waals surface area contributed by atoms with Gasteiger partial charge in [0.05, 0.1) is 24.9 Å². The Hall–Kier alpha value is -2.45. The highest BCUT2D eigenvalue weighted by atomic mass is 79.9. The molecular weight excluding hydrogens is 499 g/mol. The zero-order valence-electron chi connectivity index (χ0n) is 19.4. The van der Waals surface area contributed by atoms with Crippen LogP contribution in [-0.4, -0.2) is 48.2 Å². The van der Waals surface area contributed by atoms with Crippen molar-refractivity contribution in [3.8, 4) is 11.5 Å². The van der Waals surface area contributed by atoms with Gasteiger partial charge in [-0.3, -0.25) is 0 Å². The molecule has 2 fully saturated rings. The molecular formula is C26H30BrFN4O2. The van der Waals surface area contributed by atoms with Crippen LogP contribution in [0.25, 0.3) is 10.9 Å². The molecule has 0 radical (unpaired) electrons. The van der Waals surface area contributed by atoms with E-state index in [1.165, 1.54) is 38.2 Å². The third kappa shape index (κ3) is 5.28. The number of likely N-dealkylation sites (tertiary alicyclic amines) is 1. The minimum atomic E-state index is -0.369. The lowest BCUT2D eigenvalue weighted by Gasteiger charge is -2.36. The second kappa shape index (κ2) is 10.4. The number of halogens is 2. The molecule has 1 N–H and O–H groups in total. The number of ether oxygens (including phenoxy) is 2. The molecule has 2 aromatic carbocycles. The first-order chi connectivity index (χ1) is 16.6. The Morgan fingerprint density at radius 1 is 1.06 bits per heavy atom. The molecule has 1 aliphatic carbocycles. The van der Waals surface area contributed by atoms with Crippen molar-refractivity contribution in [1.82, 2.24) is 14.9 Å². The maximum atomic E-state index is 14.3. The average Bonchev–Trinajstić information content (AvgIpc) is 2.82. The zero-order valence-corrected chi connectivity index (χ0v) is 21.0. The first kappa shape index (κ1) is 23.3. The number of methoxy groups -OCH3 is 1. The SMILES string of the molecule is COc1cc2c(Nc3ccc(Br)cc3F)ncnc2cc1OCC1CCN(CC2CCC2)CC1. The predicted molar refractivity (Wildman–Crippen MR) is 135 cm³/mol. The summed E-state index contributed by atoms with van der Waals surface area (Å²) < 4.78 is 26.9. The van der Waals surface area contributed by atoms with Gasteiger partial charge in [0, 0.05) is 22.5 Å². The Labute approximate surface area is 208 Å². The summed E-state index contributed by atoms with van der Waals surface area (Å²) >= 11 is 3.28. The molecule has 180 valence electrons. The fraction of sp³-hybridized carbons (Fsp3) is 0.462. The third-order valence-corrected chi connectivity index (χ3v) is 7.52. The third-order valence-electron chi connectivity index (χ3n) is 7.03. The molecule has 3 aromatic rings. The Bertz CT molecular complexity index is 1150. The first-order valence-corrected chi connectivity index (χ1v) is 12.8. The molecule has 0 spiro atoms. The van der Waals surface area contributed by atoms with E-state index in [4.69, 9.17) is 9.47 Å². The Balaban J connectivity index is 1.27. The Morgan fingerprint density at radius 3 is 2.59 bits per heavy atom. The number of hydrogen-bond donors (Lipinski definition) is 1. The number of nitrogens with one attached hydrogen (secondary N) is 1. The van der Waals surface area contributed by atoms with Gasteiger partial charge < -0.3 is 19.7 Å². The summed E-state index contributed by atoms with van der Waals surface area (Å²) in [4.78, 5) is 11.4. The molecule has 2 heterocycles. The number of hydrogen-bond acceptors (Lipinski definition) is 6. The van der Waals surface area contributed by atoms with Crippen molar-refractivity contribution in [2.75, 3.05) is 38.7 Å². The lowest BCUT2D eigenvalue weighted by molar-refractivity contribution is 0.109. The predicted octanol–water partition coefficient (Wildman–Crippen LogP) is 6.17. The van der Waals surface area contributed by atoms with Crippen LogP contribution in [0.1, 0.15) is 32.1 Å². The van der Waals surface area contributed by atoms with Crippen molar-refractivity contribution in [2.45, 2.75) is 32.1 Å². The summed E-state index contributed by atoms with van der Waals surface area (Å²) in [6.07, 6.45) is 8.02. The molecule has 0 unspecified atom stereocenters. The van der Waals surface area contributed by atoms with Crippen molar-refractivity contribution in [2.24, 2.45) is 11.8 Å². The van der Waals surface area contributed by atoms with Gasteiger partial charge in [-0.05, 0) is 74.9 Å². The van der Waals surface area contributed by atoms with E-state index in [0.29, 0.717) is 45.5 Å². The van der Waals surface area contributed by atoms with Gasteiger partial charge in [-0.2, -0.15) is 0 Å². The van der Waals surface area contributed by atoms with E-state index in [1.54, 1.807) is 19.2 Å². The van der Waals surface area contributed by atoms with E-state index in [9.17, 15) is 4.39 Å². The van der Waals surface area contributed by atoms with Gasteiger partial charge in [0.25, 0.3) is 0 Å². The van der Waals surface area contributed by atoms with Crippen LogP contribution in [0.5, 0.6) is 11.5 Å². The van der Waals surface area contributed by atoms with Crippen LogP contribution in [0.4, 0.5) is 15.9 Å². The summed E-state index contributed by atoms with van der Waals surface area (Å²) in [5.41, 5.74) is 1.05. The van der Waals surface area contributed by atoms with Crippen LogP contribution in [0, 0.1) is 17.7 Å². The van der Waals surface area contributed by atoms with Crippen molar-refractivity contribution in [3.63, 3.8) is 0 Å². The number of rotatable bonds is 8. The standard InChI is InChI=1S/C26H30BrFN4O2/c1-33-24-12-20-23(29-16-30-26(20)31-22-6-5-19(27)11-21(22)28)13-25(24)34-15-18-7-9-32(10-8-18)14-17-3-2-4-17/h5-6,11-13,16-18H,2-4,7-10,14-15H2,1H3,(H,29,30,31).